The van der Waals surface area contributed by atoms with E-state index in [0.717, 1.165) is 19.1 Å². The second kappa shape index (κ2) is 15.3. The lowest BCUT2D eigenvalue weighted by Gasteiger charge is -2.23. The van der Waals surface area contributed by atoms with Gasteiger partial charge in [0.25, 0.3) is 0 Å². The number of nitrogens with one attached hydrogen (secondary N) is 2. The molecule has 0 spiro atoms. The summed E-state index contributed by atoms with van der Waals surface area (Å²) in [7, 11) is 3.56. The van der Waals surface area contributed by atoms with E-state index >= 15 is 0 Å². The summed E-state index contributed by atoms with van der Waals surface area (Å²) in [4.78, 5) is 73.4. The smallest absolute Gasteiger partial charge is 0.408 e. The zero-order valence-corrected chi connectivity index (χ0v) is 21.0. The fraction of sp³-hybridized carbons (Fsp3) is 0.636. The molecule has 0 aliphatic heterocycles. The van der Waals surface area contributed by atoms with Crippen molar-refractivity contribution >= 4 is 35.8 Å². The van der Waals surface area contributed by atoms with Gasteiger partial charge in [-0.1, -0.05) is 12.7 Å². The van der Waals surface area contributed by atoms with Gasteiger partial charge in [-0.2, -0.15) is 0 Å². The van der Waals surface area contributed by atoms with Gasteiger partial charge in [0.05, 0.1) is 27.2 Å². The number of methoxy groups -OCH3 is 2. The van der Waals surface area contributed by atoms with Crippen molar-refractivity contribution < 1.29 is 47.7 Å². The Hall–Kier alpha value is -3.64. The summed E-state index contributed by atoms with van der Waals surface area (Å²) < 4.78 is 19.1. The van der Waals surface area contributed by atoms with Crippen LogP contribution in [0.25, 0.3) is 0 Å². The molecule has 13 nitrogen and oxygen atoms in total. The first-order valence-electron chi connectivity index (χ1n) is 10.7. The minimum Gasteiger partial charge on any atom is -0.467 e. The van der Waals surface area contributed by atoms with Crippen LogP contribution in [0.5, 0.6) is 0 Å². The summed E-state index contributed by atoms with van der Waals surface area (Å²) in [5.41, 5.74) is -0.793. The van der Waals surface area contributed by atoms with Gasteiger partial charge in [-0.05, 0) is 27.2 Å². The topological polar surface area (TPSA) is 167 Å². The Labute approximate surface area is 204 Å². The van der Waals surface area contributed by atoms with E-state index in [1.807, 2.05) is 0 Å². The highest BCUT2D eigenvalue weighted by atomic mass is 16.6. The molecular weight excluding hydrogens is 466 g/mol. The standard InChI is InChI=1S/C22H35N3O10/c1-8-11-34-18(28)12-15(20(30)33-7)23-16(26)13-25(5)17(27)10-9-14(19(29)32-6)24-21(31)35-22(2,3)4/h8,14-15H,1,9-13H2,2-7H3,(H,23,26)(H,24,31)/t14-,15-/m1/s1. The fourth-order valence-electron chi connectivity index (χ4n) is 2.56. The second-order valence-electron chi connectivity index (χ2n) is 8.33. The van der Waals surface area contributed by atoms with E-state index in [9.17, 15) is 28.8 Å². The lowest BCUT2D eigenvalue weighted by molar-refractivity contribution is -0.151. The lowest BCUT2D eigenvalue weighted by Crippen LogP contribution is -2.48. The number of carbonyl (C=O) groups is 6. The number of alkyl carbamates (subject to hydrolysis) is 1. The van der Waals surface area contributed by atoms with E-state index in [-0.39, 0.29) is 19.4 Å². The van der Waals surface area contributed by atoms with E-state index in [0.29, 0.717) is 0 Å². The highest BCUT2D eigenvalue weighted by molar-refractivity contribution is 5.90. The summed E-state index contributed by atoms with van der Waals surface area (Å²) in [5.74, 6) is -3.65. The molecule has 0 aliphatic rings. The van der Waals surface area contributed by atoms with Gasteiger partial charge in [0.2, 0.25) is 11.8 Å². The summed E-state index contributed by atoms with van der Waals surface area (Å²) in [6.07, 6.45) is -0.308. The molecule has 0 aromatic rings. The SMILES string of the molecule is C=CCOC(=O)C[C@@H](NC(=O)CN(C)C(=O)CC[C@@H](NC(=O)OC(C)(C)C)C(=O)OC)C(=O)OC. The molecule has 198 valence electrons. The summed E-state index contributed by atoms with van der Waals surface area (Å²) in [6, 6.07) is -2.46. The van der Waals surface area contributed by atoms with E-state index in [1.54, 1.807) is 20.8 Å². The summed E-state index contributed by atoms with van der Waals surface area (Å²) >= 11 is 0. The van der Waals surface area contributed by atoms with Gasteiger partial charge in [-0.3, -0.25) is 14.4 Å². The number of carbonyl (C=O) groups excluding carboxylic acids is 6. The minimum absolute atomic E-state index is 0.0622. The molecule has 0 unspecified atom stereocenters. The van der Waals surface area contributed by atoms with Crippen molar-refractivity contribution in [1.29, 1.82) is 0 Å². The molecule has 0 bridgehead atoms. The van der Waals surface area contributed by atoms with Gasteiger partial charge in [0, 0.05) is 13.5 Å². The Balaban J connectivity index is 4.93. The van der Waals surface area contributed by atoms with Gasteiger partial charge in [0.15, 0.2) is 0 Å². The number of amides is 3. The molecular formula is C22H35N3O10. The van der Waals surface area contributed by atoms with Crippen molar-refractivity contribution in [2.24, 2.45) is 0 Å². The molecule has 2 atom stereocenters. The number of esters is 3. The number of hydrogen-bond donors (Lipinski definition) is 2. The molecule has 0 heterocycles. The van der Waals surface area contributed by atoms with Crippen LogP contribution in [0.15, 0.2) is 12.7 Å². The third-order valence-electron chi connectivity index (χ3n) is 4.18. The van der Waals surface area contributed by atoms with Crippen molar-refractivity contribution in [2.45, 2.75) is 57.7 Å². The van der Waals surface area contributed by atoms with Gasteiger partial charge in [-0.15, -0.1) is 0 Å². The van der Waals surface area contributed by atoms with E-state index in [4.69, 9.17) is 9.47 Å². The van der Waals surface area contributed by atoms with E-state index in [1.165, 1.54) is 13.1 Å². The number of rotatable bonds is 13. The highest BCUT2D eigenvalue weighted by Gasteiger charge is 2.28. The molecule has 0 saturated carbocycles. The molecule has 0 aliphatic carbocycles. The van der Waals surface area contributed by atoms with Crippen molar-refractivity contribution in [1.82, 2.24) is 15.5 Å². The van der Waals surface area contributed by atoms with Crippen LogP contribution in [0.3, 0.4) is 0 Å². The molecule has 0 saturated heterocycles. The second-order valence-corrected chi connectivity index (χ2v) is 8.33. The third-order valence-corrected chi connectivity index (χ3v) is 4.18. The molecule has 0 rings (SSSR count). The quantitative estimate of drug-likeness (QED) is 0.200. The van der Waals surface area contributed by atoms with Crippen molar-refractivity contribution in [3.63, 3.8) is 0 Å². The number of ether oxygens (including phenoxy) is 4. The van der Waals surface area contributed by atoms with Gasteiger partial charge < -0.3 is 34.5 Å². The molecule has 0 aromatic carbocycles. The summed E-state index contributed by atoms with van der Waals surface area (Å²) in [5, 5.41) is 4.67. The zero-order chi connectivity index (χ0) is 27.2. The Morgan fingerprint density at radius 1 is 0.971 bits per heavy atom. The Bertz CT molecular complexity index is 791. The number of nitrogens with zero attached hydrogens (tertiary/aromatic N) is 1. The Morgan fingerprint density at radius 3 is 2.06 bits per heavy atom. The maximum absolute atomic E-state index is 12.5. The van der Waals surface area contributed by atoms with Crippen LogP contribution in [-0.4, -0.2) is 92.8 Å². The van der Waals surface area contributed by atoms with Crippen LogP contribution in [0.1, 0.15) is 40.0 Å². The van der Waals surface area contributed by atoms with E-state index < -0.39 is 66.5 Å². The van der Waals surface area contributed by atoms with Crippen molar-refractivity contribution in [3.8, 4) is 0 Å². The normalized spacial score (nSPS) is 12.3. The van der Waals surface area contributed by atoms with Crippen molar-refractivity contribution in [2.75, 3.05) is 34.4 Å². The van der Waals surface area contributed by atoms with Crippen LogP contribution < -0.4 is 10.6 Å². The molecule has 0 aromatic heterocycles. The van der Waals surface area contributed by atoms with Gasteiger partial charge in [-0.25, -0.2) is 14.4 Å². The molecule has 2 N–H and O–H groups in total. The first-order valence-corrected chi connectivity index (χ1v) is 10.7. The molecule has 0 fully saturated rings. The molecule has 35 heavy (non-hydrogen) atoms. The predicted molar refractivity (Wildman–Crippen MR) is 122 cm³/mol. The van der Waals surface area contributed by atoms with Crippen LogP contribution >= 0.6 is 0 Å². The average Bonchev–Trinajstić information content (AvgIpc) is 2.77. The fourth-order valence-corrected chi connectivity index (χ4v) is 2.56. The number of hydrogen-bond acceptors (Lipinski definition) is 10. The third kappa shape index (κ3) is 13.6. The van der Waals surface area contributed by atoms with Crippen LogP contribution in [0.2, 0.25) is 0 Å². The first kappa shape index (κ1) is 31.4. The summed E-state index contributed by atoms with van der Waals surface area (Å²) in [6.45, 7) is 7.84. The van der Waals surface area contributed by atoms with Gasteiger partial charge >= 0.3 is 24.0 Å². The first-order chi connectivity index (χ1) is 16.2. The molecule has 3 amide bonds. The maximum Gasteiger partial charge on any atom is 0.408 e. The monoisotopic (exact) mass is 501 g/mol. The predicted octanol–water partition coefficient (Wildman–Crippen LogP) is 0.0684. The molecule has 13 heteroatoms. The van der Waals surface area contributed by atoms with Gasteiger partial charge in [0.1, 0.15) is 24.3 Å². The van der Waals surface area contributed by atoms with Crippen LogP contribution in [0, 0.1) is 0 Å². The maximum atomic E-state index is 12.5. The minimum atomic E-state index is -1.31. The Morgan fingerprint density at radius 2 is 1.54 bits per heavy atom. The highest BCUT2D eigenvalue weighted by Crippen LogP contribution is 2.09. The number of likely N-dealkylation sites (N-methyl/N-ethyl adjacent to an activating group) is 1. The largest absolute Gasteiger partial charge is 0.467 e. The van der Waals surface area contributed by atoms with E-state index in [2.05, 4.69) is 26.7 Å². The van der Waals surface area contributed by atoms with Crippen molar-refractivity contribution in [3.05, 3.63) is 12.7 Å². The molecule has 0 radical (unpaired) electrons. The zero-order valence-electron chi connectivity index (χ0n) is 21.0. The Kier molecular flexibility index (Phi) is 13.7. The lowest BCUT2D eigenvalue weighted by atomic mass is 10.1. The average molecular weight is 502 g/mol. The van der Waals surface area contributed by atoms with Crippen LogP contribution in [0.4, 0.5) is 4.79 Å². The van der Waals surface area contributed by atoms with Crippen LogP contribution in [-0.2, 0) is 42.9 Å².